The maximum absolute atomic E-state index is 13.3. The van der Waals surface area contributed by atoms with Crippen LogP contribution in [-0.4, -0.2) is 27.9 Å². The predicted octanol–water partition coefficient (Wildman–Crippen LogP) is 3.92. The van der Waals surface area contributed by atoms with E-state index in [1.165, 1.54) is 4.57 Å². The zero-order chi connectivity index (χ0) is 22.5. The predicted molar refractivity (Wildman–Crippen MR) is 122 cm³/mol. The Bertz CT molecular complexity index is 1330. The van der Waals surface area contributed by atoms with Gasteiger partial charge in [-0.1, -0.05) is 42.5 Å². The van der Waals surface area contributed by atoms with Gasteiger partial charge in [-0.25, -0.2) is 4.98 Å². The zero-order valence-corrected chi connectivity index (χ0v) is 17.7. The lowest BCUT2D eigenvalue weighted by atomic mass is 10.0. The molecule has 0 bridgehead atoms. The summed E-state index contributed by atoms with van der Waals surface area (Å²) in [7, 11) is 0. The molecular weight excluding hydrogens is 404 g/mol. The third-order valence-corrected chi connectivity index (χ3v) is 5.12. The molecule has 0 radical (unpaired) electrons. The molecule has 0 saturated heterocycles. The first-order valence-electron chi connectivity index (χ1n) is 10.4. The van der Waals surface area contributed by atoms with E-state index in [2.05, 4.69) is 4.98 Å². The van der Waals surface area contributed by atoms with E-state index in [4.69, 9.17) is 4.74 Å². The minimum absolute atomic E-state index is 0.0789. The van der Waals surface area contributed by atoms with Crippen molar-refractivity contribution in [2.24, 2.45) is 0 Å². The van der Waals surface area contributed by atoms with Crippen molar-refractivity contribution in [3.8, 4) is 5.69 Å². The first-order chi connectivity index (χ1) is 15.6. The first kappa shape index (κ1) is 21.2. The number of pyridine rings is 2. The van der Waals surface area contributed by atoms with Crippen LogP contribution in [0.25, 0.3) is 16.7 Å². The Morgan fingerprint density at radius 1 is 0.906 bits per heavy atom. The van der Waals surface area contributed by atoms with Crippen LogP contribution in [0, 0.1) is 0 Å². The molecule has 0 atom stereocenters. The molecule has 4 aromatic rings. The molecule has 0 N–H and O–H groups in total. The second-order valence-corrected chi connectivity index (χ2v) is 7.35. The molecule has 0 fully saturated rings. The highest BCUT2D eigenvalue weighted by atomic mass is 16.5. The fourth-order valence-electron chi connectivity index (χ4n) is 3.59. The lowest BCUT2D eigenvalue weighted by Crippen LogP contribution is -2.26. The number of ketones is 1. The highest BCUT2D eigenvalue weighted by Crippen LogP contribution is 2.17. The van der Waals surface area contributed by atoms with Gasteiger partial charge in [0.05, 0.1) is 24.3 Å². The van der Waals surface area contributed by atoms with Crippen LogP contribution in [0.4, 0.5) is 0 Å². The molecule has 2 aromatic heterocycles. The molecule has 0 spiro atoms. The molecule has 0 unspecified atom stereocenters. The summed E-state index contributed by atoms with van der Waals surface area (Å²) in [6.45, 7) is 2.11. The molecule has 160 valence electrons. The molecule has 6 heteroatoms. The van der Waals surface area contributed by atoms with Crippen LogP contribution in [0.5, 0.6) is 0 Å². The Morgan fingerprint density at radius 2 is 1.59 bits per heavy atom. The van der Waals surface area contributed by atoms with Crippen LogP contribution >= 0.6 is 0 Å². The van der Waals surface area contributed by atoms with Crippen molar-refractivity contribution in [1.82, 2.24) is 9.55 Å². The minimum Gasteiger partial charge on any atom is -0.466 e. The van der Waals surface area contributed by atoms with Crippen molar-refractivity contribution in [3.05, 3.63) is 106 Å². The van der Waals surface area contributed by atoms with E-state index < -0.39 is 5.56 Å². The monoisotopic (exact) mass is 426 g/mol. The summed E-state index contributed by atoms with van der Waals surface area (Å²) in [5.41, 5.74) is 2.45. The molecule has 0 amide bonds. The number of aromatic nitrogens is 2. The van der Waals surface area contributed by atoms with Crippen LogP contribution in [0.2, 0.25) is 0 Å². The molecule has 0 aliphatic carbocycles. The van der Waals surface area contributed by atoms with Crippen molar-refractivity contribution in [3.63, 3.8) is 0 Å². The lowest BCUT2D eigenvalue weighted by molar-refractivity contribution is -0.142. The quantitative estimate of drug-likeness (QED) is 0.331. The van der Waals surface area contributed by atoms with Crippen LogP contribution in [0.15, 0.2) is 83.8 Å². The van der Waals surface area contributed by atoms with Gasteiger partial charge in [-0.15, -0.1) is 0 Å². The third kappa shape index (κ3) is 4.49. The largest absolute Gasteiger partial charge is 0.466 e. The molecule has 0 aliphatic heterocycles. The summed E-state index contributed by atoms with van der Waals surface area (Å²) < 4.78 is 6.44. The normalized spacial score (nSPS) is 10.8. The number of ether oxygens (including phenoxy) is 1. The molecule has 2 aromatic carbocycles. The Hall–Kier alpha value is -4.06. The fourth-order valence-corrected chi connectivity index (χ4v) is 3.59. The van der Waals surface area contributed by atoms with Gasteiger partial charge in [-0.05, 0) is 48.4 Å². The first-order valence-corrected chi connectivity index (χ1v) is 10.4. The summed E-state index contributed by atoms with van der Waals surface area (Å²) in [6.07, 6.45) is 1.89. The number of hydrogen-bond donors (Lipinski definition) is 0. The number of rotatable bonds is 7. The number of para-hydroxylation sites is 1. The second-order valence-electron chi connectivity index (χ2n) is 7.35. The Balaban J connectivity index is 1.65. The van der Waals surface area contributed by atoms with Gasteiger partial charge in [0.2, 0.25) is 0 Å². The number of carbonyl (C=O) groups excluding carboxylic acids is 2. The van der Waals surface area contributed by atoms with Gasteiger partial charge in [0.25, 0.3) is 5.56 Å². The summed E-state index contributed by atoms with van der Waals surface area (Å²) in [5, 5.41) is 0.712. The van der Waals surface area contributed by atoms with Crippen LogP contribution in [0.3, 0.4) is 0 Å². The van der Waals surface area contributed by atoms with E-state index in [-0.39, 0.29) is 30.2 Å². The van der Waals surface area contributed by atoms with E-state index in [1.807, 2.05) is 36.4 Å². The molecule has 6 nitrogen and oxygen atoms in total. The van der Waals surface area contributed by atoms with Crippen molar-refractivity contribution >= 4 is 22.8 Å². The number of fused-ring (bicyclic) bond motifs is 1. The highest BCUT2D eigenvalue weighted by molar-refractivity contribution is 6.00. The van der Waals surface area contributed by atoms with Gasteiger partial charge in [0, 0.05) is 18.0 Å². The number of esters is 1. The number of nitrogens with zero attached hydrogens (tertiary/aromatic N) is 2. The van der Waals surface area contributed by atoms with E-state index in [9.17, 15) is 14.4 Å². The van der Waals surface area contributed by atoms with Crippen LogP contribution < -0.4 is 5.56 Å². The summed E-state index contributed by atoms with van der Waals surface area (Å²) in [4.78, 5) is 42.4. The smallest absolute Gasteiger partial charge is 0.310 e. The van der Waals surface area contributed by atoms with E-state index in [0.717, 1.165) is 11.1 Å². The average Bonchev–Trinajstić information content (AvgIpc) is 2.80. The fraction of sp³-hybridized carbons (Fsp3) is 0.154. The van der Waals surface area contributed by atoms with E-state index in [0.29, 0.717) is 23.3 Å². The van der Waals surface area contributed by atoms with Gasteiger partial charge in [0.15, 0.2) is 5.78 Å². The SMILES string of the molecule is CCOC(=O)Cc1ccc(CC(=O)c2cc3cccnc3n(-c3ccccc3)c2=O)cc1. The Morgan fingerprint density at radius 3 is 2.28 bits per heavy atom. The van der Waals surface area contributed by atoms with E-state index >= 15 is 0 Å². The van der Waals surface area contributed by atoms with Gasteiger partial charge < -0.3 is 4.74 Å². The molecule has 0 aliphatic rings. The highest BCUT2D eigenvalue weighted by Gasteiger charge is 2.18. The maximum Gasteiger partial charge on any atom is 0.310 e. The molecule has 4 rings (SSSR count). The van der Waals surface area contributed by atoms with Gasteiger partial charge >= 0.3 is 5.97 Å². The molecule has 2 heterocycles. The van der Waals surface area contributed by atoms with Crippen LogP contribution in [0.1, 0.15) is 28.4 Å². The van der Waals surface area contributed by atoms with Crippen molar-refractivity contribution < 1.29 is 14.3 Å². The maximum atomic E-state index is 13.3. The van der Waals surface area contributed by atoms with Crippen LogP contribution in [-0.2, 0) is 22.4 Å². The number of Topliss-reactive ketones (excluding diaryl/α,β-unsaturated/α-hetero) is 1. The van der Waals surface area contributed by atoms with Gasteiger partial charge in [0.1, 0.15) is 5.65 Å². The van der Waals surface area contributed by atoms with Crippen molar-refractivity contribution in [1.29, 1.82) is 0 Å². The molecule has 0 saturated carbocycles. The van der Waals surface area contributed by atoms with Crippen molar-refractivity contribution in [2.75, 3.05) is 6.61 Å². The number of benzene rings is 2. The Labute approximate surface area is 185 Å². The second kappa shape index (κ2) is 9.39. The number of carbonyl (C=O) groups is 2. The van der Waals surface area contributed by atoms with Gasteiger partial charge in [-0.3, -0.25) is 19.0 Å². The van der Waals surface area contributed by atoms with Crippen molar-refractivity contribution in [2.45, 2.75) is 19.8 Å². The van der Waals surface area contributed by atoms with E-state index in [1.54, 1.807) is 49.5 Å². The zero-order valence-electron chi connectivity index (χ0n) is 17.7. The average molecular weight is 426 g/mol. The standard InChI is InChI=1S/C26H22N2O4/c1-2-32-24(30)16-19-12-10-18(11-13-19)15-23(29)22-17-20-7-6-14-27-25(20)28(26(22)31)21-8-4-3-5-9-21/h3-14,17H,2,15-16H2,1H3. The van der Waals surface area contributed by atoms with Gasteiger partial charge in [-0.2, -0.15) is 0 Å². The number of hydrogen-bond acceptors (Lipinski definition) is 5. The topological polar surface area (TPSA) is 78.3 Å². The summed E-state index contributed by atoms with van der Waals surface area (Å²) in [5.74, 6) is -0.564. The summed E-state index contributed by atoms with van der Waals surface area (Å²) in [6, 6.07) is 21.6. The Kier molecular flexibility index (Phi) is 6.22. The molecular formula is C26H22N2O4. The lowest BCUT2D eigenvalue weighted by Gasteiger charge is -2.12. The minimum atomic E-state index is -0.397. The molecule has 32 heavy (non-hydrogen) atoms. The summed E-state index contributed by atoms with van der Waals surface area (Å²) >= 11 is 0. The third-order valence-electron chi connectivity index (χ3n) is 5.12.